The zero-order chi connectivity index (χ0) is 13.9. The van der Waals surface area contributed by atoms with Crippen LogP contribution in [0.1, 0.15) is 46.4 Å². The van der Waals surface area contributed by atoms with Gasteiger partial charge in [-0.1, -0.05) is 6.42 Å². The highest BCUT2D eigenvalue weighted by Crippen LogP contribution is 2.36. The highest BCUT2D eigenvalue weighted by atomic mass is 32.1. The molecule has 2 aromatic rings. The average Bonchev–Trinajstić information content (AvgIpc) is 2.77. The van der Waals surface area contributed by atoms with Gasteiger partial charge < -0.3 is 9.84 Å². The molecule has 1 aliphatic carbocycles. The Bertz CT molecular complexity index is 570. The molecule has 0 aromatic carbocycles. The van der Waals surface area contributed by atoms with Crippen LogP contribution in [0.4, 0.5) is 0 Å². The number of aryl methyl sites for hydroxylation is 2. The maximum Gasteiger partial charge on any atom is 0.143 e. The molecule has 0 saturated carbocycles. The predicted octanol–water partition coefficient (Wildman–Crippen LogP) is 3.50. The van der Waals surface area contributed by atoms with Gasteiger partial charge in [0.15, 0.2) is 0 Å². The van der Waals surface area contributed by atoms with Gasteiger partial charge in [-0.25, -0.2) is 0 Å². The van der Waals surface area contributed by atoms with Crippen molar-refractivity contribution in [2.24, 2.45) is 0 Å². The lowest BCUT2D eigenvalue weighted by Crippen LogP contribution is -2.03. The molecule has 1 N–H and O–H groups in total. The smallest absolute Gasteiger partial charge is 0.143 e. The average molecular weight is 289 g/mol. The second kappa shape index (κ2) is 5.94. The van der Waals surface area contributed by atoms with Crippen LogP contribution in [0.3, 0.4) is 0 Å². The van der Waals surface area contributed by atoms with E-state index in [1.54, 1.807) is 24.6 Å². The van der Waals surface area contributed by atoms with Gasteiger partial charge in [-0.15, -0.1) is 11.3 Å². The van der Waals surface area contributed by atoms with Gasteiger partial charge in [0.1, 0.15) is 17.5 Å². The number of aliphatic hydroxyl groups is 1. The fraction of sp³-hybridized carbons (Fsp3) is 0.438. The maximum atomic E-state index is 10.6. The van der Waals surface area contributed by atoms with Gasteiger partial charge in [0.25, 0.3) is 0 Å². The first-order valence-corrected chi connectivity index (χ1v) is 7.89. The summed E-state index contributed by atoms with van der Waals surface area (Å²) < 4.78 is 5.29. The highest BCUT2D eigenvalue weighted by molar-refractivity contribution is 7.12. The van der Waals surface area contributed by atoms with Gasteiger partial charge in [0.05, 0.1) is 7.11 Å². The first-order valence-electron chi connectivity index (χ1n) is 7.08. The minimum atomic E-state index is -0.692. The number of hydrogen-bond acceptors (Lipinski definition) is 4. The van der Waals surface area contributed by atoms with Crippen molar-refractivity contribution in [3.8, 4) is 5.75 Å². The summed E-state index contributed by atoms with van der Waals surface area (Å²) in [5, 5.41) is 10.6. The van der Waals surface area contributed by atoms with Crippen molar-refractivity contribution in [2.75, 3.05) is 7.11 Å². The molecule has 20 heavy (non-hydrogen) atoms. The Hall–Kier alpha value is -1.39. The normalized spacial score (nSPS) is 16.3. The predicted molar refractivity (Wildman–Crippen MR) is 80.4 cm³/mol. The number of aromatic nitrogens is 1. The number of rotatable bonds is 3. The summed E-state index contributed by atoms with van der Waals surface area (Å²) in [6.45, 7) is 0. The fourth-order valence-electron chi connectivity index (χ4n) is 2.74. The first kappa shape index (κ1) is 13.6. The number of ether oxygens (including phenoxy) is 1. The number of methoxy groups -OCH3 is 1. The molecule has 3 nitrogen and oxygen atoms in total. The van der Waals surface area contributed by atoms with E-state index >= 15 is 0 Å². The first-order chi connectivity index (χ1) is 9.79. The van der Waals surface area contributed by atoms with Crippen molar-refractivity contribution in [3.05, 3.63) is 45.4 Å². The number of fused-ring (bicyclic) bond motifs is 1. The Labute approximate surface area is 123 Å². The lowest BCUT2D eigenvalue weighted by Gasteiger charge is -2.11. The van der Waals surface area contributed by atoms with E-state index in [0.29, 0.717) is 11.4 Å². The van der Waals surface area contributed by atoms with Crippen molar-refractivity contribution in [2.45, 2.75) is 38.2 Å². The van der Waals surface area contributed by atoms with E-state index in [4.69, 9.17) is 4.74 Å². The molecule has 2 heterocycles. The third-order valence-corrected chi connectivity index (χ3v) is 5.10. The number of nitrogens with zero attached hydrogens (tertiary/aromatic N) is 1. The Morgan fingerprint density at radius 3 is 3.00 bits per heavy atom. The van der Waals surface area contributed by atoms with E-state index < -0.39 is 6.10 Å². The highest BCUT2D eigenvalue weighted by Gasteiger charge is 2.21. The van der Waals surface area contributed by atoms with Gasteiger partial charge in [-0.3, -0.25) is 4.98 Å². The molecule has 0 saturated heterocycles. The topological polar surface area (TPSA) is 42.4 Å². The third kappa shape index (κ3) is 2.58. The molecular weight excluding hydrogens is 270 g/mol. The molecule has 0 fully saturated rings. The second-order valence-electron chi connectivity index (χ2n) is 5.15. The Morgan fingerprint density at radius 1 is 1.30 bits per heavy atom. The Morgan fingerprint density at radius 2 is 2.15 bits per heavy atom. The molecule has 2 aromatic heterocycles. The van der Waals surface area contributed by atoms with Crippen molar-refractivity contribution in [1.29, 1.82) is 0 Å². The van der Waals surface area contributed by atoms with Crippen LogP contribution in [0.25, 0.3) is 0 Å². The zero-order valence-electron chi connectivity index (χ0n) is 11.6. The van der Waals surface area contributed by atoms with Crippen LogP contribution in [0, 0.1) is 0 Å². The van der Waals surface area contributed by atoms with Gasteiger partial charge in [-0.2, -0.15) is 0 Å². The zero-order valence-corrected chi connectivity index (χ0v) is 12.4. The molecule has 106 valence electrons. The number of aliphatic hydroxyl groups excluding tert-OH is 1. The molecule has 3 rings (SSSR count). The summed E-state index contributed by atoms with van der Waals surface area (Å²) in [5.74, 6) is 0.642. The lowest BCUT2D eigenvalue weighted by molar-refractivity contribution is 0.213. The van der Waals surface area contributed by atoms with Gasteiger partial charge in [0, 0.05) is 16.0 Å². The molecule has 0 bridgehead atoms. The van der Waals surface area contributed by atoms with E-state index in [1.165, 1.54) is 29.7 Å². The van der Waals surface area contributed by atoms with Crippen molar-refractivity contribution in [1.82, 2.24) is 4.98 Å². The van der Waals surface area contributed by atoms with Crippen LogP contribution in [0.15, 0.2) is 24.4 Å². The monoisotopic (exact) mass is 289 g/mol. The van der Waals surface area contributed by atoms with Crippen LogP contribution in [0.2, 0.25) is 0 Å². The minimum Gasteiger partial charge on any atom is -0.495 e. The van der Waals surface area contributed by atoms with Crippen molar-refractivity contribution in [3.63, 3.8) is 0 Å². The van der Waals surface area contributed by atoms with Crippen LogP contribution < -0.4 is 4.74 Å². The molecule has 0 amide bonds. The Kier molecular flexibility index (Phi) is 4.03. The molecule has 0 radical (unpaired) electrons. The molecule has 4 heteroatoms. The maximum absolute atomic E-state index is 10.6. The SMILES string of the molecule is COc1cccnc1C(O)c1cc2c(s1)CCCCC2. The summed E-state index contributed by atoms with van der Waals surface area (Å²) in [5.41, 5.74) is 2.02. The van der Waals surface area contributed by atoms with E-state index in [2.05, 4.69) is 11.1 Å². The van der Waals surface area contributed by atoms with Gasteiger partial charge >= 0.3 is 0 Å². The van der Waals surface area contributed by atoms with Gasteiger partial charge in [-0.05, 0) is 49.4 Å². The largest absolute Gasteiger partial charge is 0.495 e. The second-order valence-corrected chi connectivity index (χ2v) is 6.32. The van der Waals surface area contributed by atoms with Crippen LogP contribution in [-0.4, -0.2) is 17.2 Å². The molecule has 0 aliphatic heterocycles. The van der Waals surface area contributed by atoms with Crippen LogP contribution in [-0.2, 0) is 12.8 Å². The van der Waals surface area contributed by atoms with E-state index in [9.17, 15) is 5.11 Å². The van der Waals surface area contributed by atoms with Crippen molar-refractivity contribution < 1.29 is 9.84 Å². The molecule has 1 aliphatic rings. The van der Waals surface area contributed by atoms with Gasteiger partial charge in [0.2, 0.25) is 0 Å². The summed E-state index contributed by atoms with van der Waals surface area (Å²) in [7, 11) is 1.61. The van der Waals surface area contributed by atoms with E-state index in [1.807, 2.05) is 12.1 Å². The van der Waals surface area contributed by atoms with E-state index in [0.717, 1.165) is 17.7 Å². The lowest BCUT2D eigenvalue weighted by atomic mass is 10.1. The Balaban J connectivity index is 1.92. The summed E-state index contributed by atoms with van der Waals surface area (Å²) >= 11 is 1.73. The summed E-state index contributed by atoms with van der Waals surface area (Å²) in [6.07, 6.45) is 7.11. The number of hydrogen-bond donors (Lipinski definition) is 1. The molecule has 0 spiro atoms. The minimum absolute atomic E-state index is 0.603. The molecular formula is C16H19NO2S. The third-order valence-electron chi connectivity index (χ3n) is 3.81. The van der Waals surface area contributed by atoms with Crippen molar-refractivity contribution >= 4 is 11.3 Å². The summed E-state index contributed by atoms with van der Waals surface area (Å²) in [6, 6.07) is 5.81. The van der Waals surface area contributed by atoms with Crippen LogP contribution >= 0.6 is 11.3 Å². The number of pyridine rings is 1. The fourth-order valence-corrected chi connectivity index (χ4v) is 3.99. The standard InChI is InChI=1S/C16H19NO2S/c1-19-12-7-5-9-17-15(12)16(18)14-10-11-6-3-2-4-8-13(11)20-14/h5,7,9-10,16,18H,2-4,6,8H2,1H3. The van der Waals surface area contributed by atoms with Crippen LogP contribution in [0.5, 0.6) is 5.75 Å². The molecule has 1 unspecified atom stereocenters. The quantitative estimate of drug-likeness (QED) is 0.879. The summed E-state index contributed by atoms with van der Waals surface area (Å²) in [4.78, 5) is 6.70. The molecule has 1 atom stereocenters. The number of thiophene rings is 1. The van der Waals surface area contributed by atoms with E-state index in [-0.39, 0.29) is 0 Å².